The van der Waals surface area contributed by atoms with Gasteiger partial charge in [-0.2, -0.15) is 5.10 Å². The summed E-state index contributed by atoms with van der Waals surface area (Å²) in [5.74, 6) is 1.34. The van der Waals surface area contributed by atoms with Gasteiger partial charge in [-0.15, -0.1) is 0 Å². The van der Waals surface area contributed by atoms with Gasteiger partial charge in [0.05, 0.1) is 19.0 Å². The van der Waals surface area contributed by atoms with Crippen LogP contribution in [0.2, 0.25) is 0 Å². The summed E-state index contributed by atoms with van der Waals surface area (Å²) in [5, 5.41) is 7.70. The van der Waals surface area contributed by atoms with Crippen molar-refractivity contribution in [2.75, 3.05) is 19.0 Å². The number of benzene rings is 1. The molecule has 0 aliphatic carbocycles. The summed E-state index contributed by atoms with van der Waals surface area (Å²) in [5.41, 5.74) is 3.61. The molecule has 0 radical (unpaired) electrons. The van der Waals surface area contributed by atoms with Gasteiger partial charge in [0.15, 0.2) is 0 Å². The summed E-state index contributed by atoms with van der Waals surface area (Å²) in [6.45, 7) is 0.709. The fourth-order valence-electron chi connectivity index (χ4n) is 2.86. The van der Waals surface area contributed by atoms with E-state index in [0.29, 0.717) is 12.5 Å². The van der Waals surface area contributed by atoms with Crippen LogP contribution in [0, 0.1) is 0 Å². The van der Waals surface area contributed by atoms with E-state index in [1.165, 1.54) is 0 Å². The number of hydrogen-bond acceptors (Lipinski definition) is 6. The van der Waals surface area contributed by atoms with Crippen molar-refractivity contribution >= 4 is 5.95 Å². The Morgan fingerprint density at radius 3 is 2.75 bits per heavy atom. The molecule has 7 heteroatoms. The number of methoxy groups -OCH3 is 1. The average molecular weight is 372 g/mol. The Kier molecular flexibility index (Phi) is 5.24. The van der Waals surface area contributed by atoms with E-state index in [9.17, 15) is 0 Å². The maximum Gasteiger partial charge on any atom is 0.223 e. The topological polar surface area (TPSA) is 77.8 Å². The third kappa shape index (κ3) is 3.98. The van der Waals surface area contributed by atoms with Crippen LogP contribution in [0.1, 0.15) is 5.69 Å². The Bertz CT molecular complexity index is 1050. The number of anilines is 1. The highest BCUT2D eigenvalue weighted by molar-refractivity contribution is 5.59. The molecule has 140 valence electrons. The van der Waals surface area contributed by atoms with E-state index < -0.39 is 0 Å². The molecule has 4 aromatic rings. The highest BCUT2D eigenvalue weighted by Gasteiger charge is 2.09. The standard InChI is InChI=1S/C21H20N6O/c1-28-20-8-3-2-7-19(20)27-15-16(14-25-27)18-10-13-24-21(26-18)23-12-9-17-6-4-5-11-22-17/h2-8,10-11,13-15H,9,12H2,1H3,(H,23,24,26). The molecule has 4 rings (SSSR count). The van der Waals surface area contributed by atoms with Crippen molar-refractivity contribution in [1.82, 2.24) is 24.7 Å². The molecule has 28 heavy (non-hydrogen) atoms. The van der Waals surface area contributed by atoms with Crippen LogP contribution >= 0.6 is 0 Å². The van der Waals surface area contributed by atoms with E-state index >= 15 is 0 Å². The van der Waals surface area contributed by atoms with Crippen LogP contribution in [0.15, 0.2) is 73.3 Å². The second-order valence-corrected chi connectivity index (χ2v) is 6.11. The Labute approximate surface area is 163 Å². The van der Waals surface area contributed by atoms with E-state index in [1.807, 2.05) is 54.7 Å². The number of para-hydroxylation sites is 2. The van der Waals surface area contributed by atoms with Crippen molar-refractivity contribution in [3.8, 4) is 22.7 Å². The maximum absolute atomic E-state index is 5.41. The zero-order chi connectivity index (χ0) is 19.2. The largest absolute Gasteiger partial charge is 0.494 e. The second kappa shape index (κ2) is 8.30. The Hall–Kier alpha value is -3.74. The summed E-state index contributed by atoms with van der Waals surface area (Å²) in [6, 6.07) is 15.5. The molecule has 7 nitrogen and oxygen atoms in total. The van der Waals surface area contributed by atoms with Gasteiger partial charge in [-0.3, -0.25) is 4.98 Å². The highest BCUT2D eigenvalue weighted by Crippen LogP contribution is 2.24. The quantitative estimate of drug-likeness (QED) is 0.536. The summed E-state index contributed by atoms with van der Waals surface area (Å²) in [4.78, 5) is 13.2. The van der Waals surface area contributed by atoms with Gasteiger partial charge in [-0.1, -0.05) is 18.2 Å². The predicted octanol–water partition coefficient (Wildman–Crippen LogP) is 3.39. The molecule has 0 aliphatic rings. The lowest BCUT2D eigenvalue weighted by Gasteiger charge is -2.07. The van der Waals surface area contributed by atoms with Gasteiger partial charge >= 0.3 is 0 Å². The summed E-state index contributed by atoms with van der Waals surface area (Å²) >= 11 is 0. The number of rotatable bonds is 7. The zero-order valence-corrected chi connectivity index (χ0v) is 15.5. The van der Waals surface area contributed by atoms with Crippen molar-refractivity contribution in [3.63, 3.8) is 0 Å². The molecule has 0 saturated heterocycles. The molecule has 0 amide bonds. The van der Waals surface area contributed by atoms with Gasteiger partial charge in [0.1, 0.15) is 11.4 Å². The fourth-order valence-corrected chi connectivity index (χ4v) is 2.86. The first-order valence-corrected chi connectivity index (χ1v) is 8.99. The molecular formula is C21H20N6O. The monoisotopic (exact) mass is 372 g/mol. The zero-order valence-electron chi connectivity index (χ0n) is 15.5. The van der Waals surface area contributed by atoms with Crippen LogP contribution in [0.5, 0.6) is 5.75 Å². The Morgan fingerprint density at radius 2 is 1.89 bits per heavy atom. The van der Waals surface area contributed by atoms with Crippen LogP contribution in [0.3, 0.4) is 0 Å². The minimum atomic E-state index is 0.582. The van der Waals surface area contributed by atoms with Crippen LogP contribution < -0.4 is 10.1 Å². The molecule has 0 aliphatic heterocycles. The van der Waals surface area contributed by atoms with E-state index in [4.69, 9.17) is 4.74 Å². The van der Waals surface area contributed by atoms with Crippen LogP contribution in [-0.4, -0.2) is 38.4 Å². The molecule has 0 bridgehead atoms. The first kappa shape index (κ1) is 17.7. The molecule has 0 atom stereocenters. The minimum absolute atomic E-state index is 0.582. The van der Waals surface area contributed by atoms with Gasteiger partial charge < -0.3 is 10.1 Å². The lowest BCUT2D eigenvalue weighted by atomic mass is 10.2. The number of aromatic nitrogens is 5. The third-order valence-electron chi connectivity index (χ3n) is 4.26. The smallest absolute Gasteiger partial charge is 0.223 e. The summed E-state index contributed by atoms with van der Waals surface area (Å²) in [7, 11) is 1.65. The normalized spacial score (nSPS) is 10.6. The summed E-state index contributed by atoms with van der Waals surface area (Å²) < 4.78 is 7.20. The number of pyridine rings is 1. The number of ether oxygens (including phenoxy) is 1. The molecule has 0 saturated carbocycles. The van der Waals surface area contributed by atoms with Gasteiger partial charge in [-0.05, 0) is 30.3 Å². The first-order valence-electron chi connectivity index (χ1n) is 8.99. The van der Waals surface area contributed by atoms with Crippen molar-refractivity contribution in [2.45, 2.75) is 6.42 Å². The maximum atomic E-state index is 5.41. The van der Waals surface area contributed by atoms with Gasteiger partial charge in [0, 0.05) is 42.8 Å². The van der Waals surface area contributed by atoms with E-state index in [-0.39, 0.29) is 0 Å². The summed E-state index contributed by atoms with van der Waals surface area (Å²) in [6.07, 6.45) is 8.06. The lowest BCUT2D eigenvalue weighted by Crippen LogP contribution is -2.08. The van der Waals surface area contributed by atoms with E-state index in [1.54, 1.807) is 30.4 Å². The average Bonchev–Trinajstić information content (AvgIpc) is 3.25. The van der Waals surface area contributed by atoms with Crippen LogP contribution in [0.4, 0.5) is 5.95 Å². The van der Waals surface area contributed by atoms with E-state index in [0.717, 1.165) is 34.8 Å². The molecule has 1 N–H and O–H groups in total. The fraction of sp³-hybridized carbons (Fsp3) is 0.143. The van der Waals surface area contributed by atoms with E-state index in [2.05, 4.69) is 25.4 Å². The number of nitrogens with zero attached hydrogens (tertiary/aromatic N) is 5. The molecule has 0 unspecified atom stereocenters. The molecule has 1 aromatic carbocycles. The molecule has 0 spiro atoms. The Balaban J connectivity index is 1.48. The van der Waals surface area contributed by atoms with Gasteiger partial charge in [0.2, 0.25) is 5.95 Å². The minimum Gasteiger partial charge on any atom is -0.494 e. The van der Waals surface area contributed by atoms with Crippen molar-refractivity contribution in [1.29, 1.82) is 0 Å². The van der Waals surface area contributed by atoms with Gasteiger partial charge in [0.25, 0.3) is 0 Å². The van der Waals surface area contributed by atoms with Crippen molar-refractivity contribution < 1.29 is 4.74 Å². The number of hydrogen-bond donors (Lipinski definition) is 1. The molecular weight excluding hydrogens is 352 g/mol. The molecule has 3 aromatic heterocycles. The second-order valence-electron chi connectivity index (χ2n) is 6.11. The molecule has 0 fully saturated rings. The highest BCUT2D eigenvalue weighted by atomic mass is 16.5. The SMILES string of the molecule is COc1ccccc1-n1cc(-c2ccnc(NCCc3ccccn3)n2)cn1. The van der Waals surface area contributed by atoms with Crippen molar-refractivity contribution in [3.05, 3.63) is 79.0 Å². The van der Waals surface area contributed by atoms with Crippen LogP contribution in [-0.2, 0) is 6.42 Å². The molecule has 3 heterocycles. The number of nitrogens with one attached hydrogen (secondary N) is 1. The lowest BCUT2D eigenvalue weighted by molar-refractivity contribution is 0.411. The predicted molar refractivity (Wildman–Crippen MR) is 108 cm³/mol. The van der Waals surface area contributed by atoms with Crippen molar-refractivity contribution in [2.24, 2.45) is 0 Å². The van der Waals surface area contributed by atoms with Crippen LogP contribution in [0.25, 0.3) is 16.9 Å². The first-order chi connectivity index (χ1) is 13.8. The third-order valence-corrected chi connectivity index (χ3v) is 4.26. The Morgan fingerprint density at radius 1 is 1.00 bits per heavy atom. The van der Waals surface area contributed by atoms with Gasteiger partial charge in [-0.25, -0.2) is 14.6 Å².